The number of ether oxygens (including phenoxy) is 2. The summed E-state index contributed by atoms with van der Waals surface area (Å²) < 4.78 is 12.2. The van der Waals surface area contributed by atoms with Crippen molar-refractivity contribution in [3.05, 3.63) is 35.9 Å². The maximum atomic E-state index is 13.2. The molecule has 2 fully saturated rings. The summed E-state index contributed by atoms with van der Waals surface area (Å²) in [7, 11) is 0. The topological polar surface area (TPSA) is 76.1 Å². The van der Waals surface area contributed by atoms with Gasteiger partial charge in [-0.3, -0.25) is 14.5 Å². The number of unbranched alkanes of at least 4 members (excludes halogenated alkanes) is 10. The summed E-state index contributed by atoms with van der Waals surface area (Å²) in [5, 5.41) is 12.3. The van der Waals surface area contributed by atoms with Gasteiger partial charge in [0.05, 0.1) is 11.0 Å². The molecule has 1 saturated carbocycles. The van der Waals surface area contributed by atoms with Crippen molar-refractivity contribution in [2.24, 2.45) is 0 Å². The summed E-state index contributed by atoms with van der Waals surface area (Å²) in [6.07, 6.45) is 17.2. The van der Waals surface area contributed by atoms with Gasteiger partial charge in [-0.05, 0) is 37.3 Å². The molecule has 2 bridgehead atoms. The molecule has 1 saturated heterocycles. The molecule has 2 aliphatic carbocycles. The fourth-order valence-corrected chi connectivity index (χ4v) is 7.97. The highest BCUT2D eigenvalue weighted by atomic mass is 16.6. The van der Waals surface area contributed by atoms with Gasteiger partial charge in [-0.15, -0.1) is 6.58 Å². The van der Waals surface area contributed by atoms with E-state index in [4.69, 9.17) is 9.47 Å². The number of hydrogen-bond donors (Lipinski definition) is 1. The number of aliphatic hydroxyl groups is 1. The molecule has 4 atom stereocenters. The number of hydrogen-bond acceptors (Lipinski definition) is 6. The number of piperidine rings is 1. The Kier molecular flexibility index (Phi) is 8.82. The van der Waals surface area contributed by atoms with Gasteiger partial charge in [-0.25, -0.2) is 0 Å². The fourth-order valence-electron chi connectivity index (χ4n) is 7.97. The molecule has 0 unspecified atom stereocenters. The third-order valence-corrected chi connectivity index (χ3v) is 9.93. The zero-order valence-corrected chi connectivity index (χ0v) is 23.8. The molecule has 39 heavy (non-hydrogen) atoms. The summed E-state index contributed by atoms with van der Waals surface area (Å²) in [5.41, 5.74) is 0.184. The first kappa shape index (κ1) is 28.4. The van der Waals surface area contributed by atoms with Crippen LogP contribution in [0.5, 0.6) is 11.5 Å². The molecule has 4 aliphatic rings. The van der Waals surface area contributed by atoms with Crippen molar-refractivity contribution in [1.82, 2.24) is 4.90 Å². The van der Waals surface area contributed by atoms with E-state index in [-0.39, 0.29) is 17.8 Å². The van der Waals surface area contributed by atoms with Crippen LogP contribution in [0.25, 0.3) is 0 Å². The Hall–Kier alpha value is -2.18. The van der Waals surface area contributed by atoms with Crippen LogP contribution in [0.1, 0.15) is 114 Å². The van der Waals surface area contributed by atoms with E-state index in [0.29, 0.717) is 50.1 Å². The Bertz CT molecular complexity index is 1070. The third kappa shape index (κ3) is 5.08. The summed E-state index contributed by atoms with van der Waals surface area (Å²) in [5.74, 6) is 0.689. The molecule has 214 valence electrons. The van der Waals surface area contributed by atoms with Crippen molar-refractivity contribution in [3.63, 3.8) is 0 Å². The zero-order chi connectivity index (χ0) is 27.5. The Morgan fingerprint density at radius 2 is 1.79 bits per heavy atom. The van der Waals surface area contributed by atoms with E-state index in [1.54, 1.807) is 0 Å². The molecule has 2 heterocycles. The van der Waals surface area contributed by atoms with Gasteiger partial charge in [0.25, 0.3) is 0 Å². The van der Waals surface area contributed by atoms with Crippen molar-refractivity contribution in [3.8, 4) is 11.5 Å². The number of likely N-dealkylation sites (tertiary alicyclic amines) is 1. The standard InChI is InChI=1S/C33H47NO5/c1-3-5-6-7-8-9-10-11-12-13-14-15-28(36)38-26-17-16-24-23-27-33(37)19-18-25(35)31-32(33,29(24)30(26)39-31)20-22-34(27)21-4-2/h4,16-17,27,31,37H,2-3,5-15,18-23H2,1H3/t27-,31+,32-,33-/m1/s1. The number of carbonyl (C=O) groups excluding carboxylic acids is 2. The van der Waals surface area contributed by atoms with Gasteiger partial charge >= 0.3 is 5.97 Å². The lowest BCUT2D eigenvalue weighted by molar-refractivity contribution is -0.187. The zero-order valence-electron chi connectivity index (χ0n) is 23.8. The van der Waals surface area contributed by atoms with Crippen LogP contribution in [0.4, 0.5) is 0 Å². The largest absolute Gasteiger partial charge is 0.477 e. The Labute approximate surface area is 234 Å². The highest BCUT2D eigenvalue weighted by Crippen LogP contribution is 2.64. The highest BCUT2D eigenvalue weighted by molar-refractivity contribution is 5.90. The van der Waals surface area contributed by atoms with Crippen molar-refractivity contribution in [2.45, 2.75) is 133 Å². The molecule has 1 spiro atoms. The minimum Gasteiger partial charge on any atom is -0.477 e. The van der Waals surface area contributed by atoms with Gasteiger partial charge in [-0.2, -0.15) is 0 Å². The van der Waals surface area contributed by atoms with E-state index in [2.05, 4.69) is 18.4 Å². The van der Waals surface area contributed by atoms with E-state index in [1.807, 2.05) is 18.2 Å². The van der Waals surface area contributed by atoms with Crippen LogP contribution in [0.2, 0.25) is 0 Å². The number of ketones is 1. The average Bonchev–Trinajstić information content (AvgIpc) is 3.28. The second kappa shape index (κ2) is 12.1. The van der Waals surface area contributed by atoms with Crippen LogP contribution in [-0.4, -0.2) is 52.6 Å². The highest BCUT2D eigenvalue weighted by Gasteiger charge is 2.73. The SMILES string of the molecule is C=CCN1CC[C@@]23c4c5ccc(OC(=O)CCCCCCCCCCCCC)c4O[C@H]2C(=O)CC[C@@]3(O)[C@H]1C5. The molecule has 5 rings (SSSR count). The molecule has 6 heteroatoms. The van der Waals surface area contributed by atoms with Gasteiger partial charge in [0, 0.05) is 37.5 Å². The predicted octanol–water partition coefficient (Wildman–Crippen LogP) is 6.20. The second-order valence-electron chi connectivity index (χ2n) is 12.3. The summed E-state index contributed by atoms with van der Waals surface area (Å²) in [6.45, 7) is 7.64. The van der Waals surface area contributed by atoms with Gasteiger partial charge in [0.2, 0.25) is 0 Å². The van der Waals surface area contributed by atoms with Crippen LogP contribution >= 0.6 is 0 Å². The van der Waals surface area contributed by atoms with Gasteiger partial charge < -0.3 is 14.6 Å². The smallest absolute Gasteiger partial charge is 0.311 e. The number of esters is 1. The molecule has 1 aromatic carbocycles. The fraction of sp³-hybridized carbons (Fsp3) is 0.697. The Morgan fingerprint density at radius 1 is 1.10 bits per heavy atom. The van der Waals surface area contributed by atoms with Gasteiger partial charge in [0.1, 0.15) is 0 Å². The first-order chi connectivity index (χ1) is 19.0. The molecule has 1 N–H and O–H groups in total. The molecular formula is C33H47NO5. The molecule has 0 radical (unpaired) electrons. The van der Waals surface area contributed by atoms with E-state index in [0.717, 1.165) is 36.9 Å². The number of benzene rings is 1. The van der Waals surface area contributed by atoms with Gasteiger partial charge in [0.15, 0.2) is 23.4 Å². The van der Waals surface area contributed by atoms with Crippen molar-refractivity contribution in [2.75, 3.05) is 13.1 Å². The third-order valence-electron chi connectivity index (χ3n) is 9.93. The van der Waals surface area contributed by atoms with Crippen LogP contribution < -0.4 is 9.47 Å². The molecule has 0 amide bonds. The minimum atomic E-state index is -1.05. The first-order valence-corrected chi connectivity index (χ1v) is 15.6. The monoisotopic (exact) mass is 537 g/mol. The summed E-state index contributed by atoms with van der Waals surface area (Å²) in [6, 6.07) is 3.75. The van der Waals surface area contributed by atoms with Crippen LogP contribution in [0, 0.1) is 0 Å². The molecule has 1 aromatic rings. The average molecular weight is 538 g/mol. The van der Waals surface area contributed by atoms with Gasteiger partial charge in [-0.1, -0.05) is 83.3 Å². The Balaban J connectivity index is 1.20. The lowest BCUT2D eigenvalue weighted by Crippen LogP contribution is -2.76. The molecule has 6 nitrogen and oxygen atoms in total. The number of nitrogens with zero attached hydrogens (tertiary/aromatic N) is 1. The number of carbonyl (C=O) groups is 2. The lowest BCUT2D eigenvalue weighted by atomic mass is 9.49. The normalized spacial score (nSPS) is 28.6. The van der Waals surface area contributed by atoms with Crippen LogP contribution in [-0.2, 0) is 21.4 Å². The predicted molar refractivity (Wildman–Crippen MR) is 152 cm³/mol. The molecule has 2 aliphatic heterocycles. The van der Waals surface area contributed by atoms with E-state index in [1.165, 1.54) is 51.4 Å². The van der Waals surface area contributed by atoms with Crippen molar-refractivity contribution in [1.29, 1.82) is 0 Å². The number of rotatable bonds is 15. The summed E-state index contributed by atoms with van der Waals surface area (Å²) in [4.78, 5) is 28.3. The lowest BCUT2D eigenvalue weighted by Gasteiger charge is -2.62. The number of Topliss-reactive ketones (excluding diaryl/α,β-unsaturated/α-hetero) is 1. The second-order valence-corrected chi connectivity index (χ2v) is 12.3. The van der Waals surface area contributed by atoms with Crippen LogP contribution in [0.3, 0.4) is 0 Å². The maximum absolute atomic E-state index is 13.2. The van der Waals surface area contributed by atoms with E-state index in [9.17, 15) is 14.7 Å². The minimum absolute atomic E-state index is 0.0397. The van der Waals surface area contributed by atoms with Crippen LogP contribution in [0.15, 0.2) is 24.8 Å². The van der Waals surface area contributed by atoms with Crippen molar-refractivity contribution < 1.29 is 24.2 Å². The molecule has 0 aromatic heterocycles. The van der Waals surface area contributed by atoms with E-state index < -0.39 is 17.1 Å². The van der Waals surface area contributed by atoms with Crippen molar-refractivity contribution >= 4 is 11.8 Å². The molecular weight excluding hydrogens is 490 g/mol. The van der Waals surface area contributed by atoms with E-state index >= 15 is 0 Å². The Morgan fingerprint density at radius 3 is 2.49 bits per heavy atom. The maximum Gasteiger partial charge on any atom is 0.311 e. The quantitative estimate of drug-likeness (QED) is 0.124. The summed E-state index contributed by atoms with van der Waals surface area (Å²) >= 11 is 0. The first-order valence-electron chi connectivity index (χ1n) is 15.6.